The number of amides is 1. The maximum absolute atomic E-state index is 12.9. The van der Waals surface area contributed by atoms with Gasteiger partial charge in [0.15, 0.2) is 0 Å². The molecule has 1 amide bonds. The van der Waals surface area contributed by atoms with E-state index in [9.17, 15) is 22.8 Å². The van der Waals surface area contributed by atoms with Gasteiger partial charge in [-0.05, 0) is 29.3 Å². The van der Waals surface area contributed by atoms with Gasteiger partial charge in [0, 0.05) is 12.3 Å². The smallest absolute Gasteiger partial charge is 0.417 e. The van der Waals surface area contributed by atoms with Crippen molar-refractivity contribution in [2.75, 3.05) is 7.11 Å². The SMILES string of the molecule is COc1ccc([C@H](NC(=O)Cn2cc(C(F)(F)F)ccc2=O)c2ccccc2)cc1. The van der Waals surface area contributed by atoms with Crippen LogP contribution < -0.4 is 15.6 Å². The molecule has 2 aromatic carbocycles. The first kappa shape index (κ1) is 21.2. The minimum Gasteiger partial charge on any atom is -0.497 e. The number of nitrogens with one attached hydrogen (secondary N) is 1. The van der Waals surface area contributed by atoms with E-state index in [0.717, 1.165) is 21.8 Å². The second kappa shape index (κ2) is 8.86. The molecule has 0 saturated heterocycles. The summed E-state index contributed by atoms with van der Waals surface area (Å²) >= 11 is 0. The van der Waals surface area contributed by atoms with Crippen LogP contribution in [0, 0.1) is 0 Å². The van der Waals surface area contributed by atoms with E-state index in [1.807, 2.05) is 30.3 Å². The predicted molar refractivity (Wildman–Crippen MR) is 105 cm³/mol. The molecule has 0 radical (unpaired) electrons. The number of halogens is 3. The number of carbonyl (C=O) groups is 1. The molecule has 0 bridgehead atoms. The van der Waals surface area contributed by atoms with Crippen molar-refractivity contribution in [2.24, 2.45) is 0 Å². The number of hydrogen-bond acceptors (Lipinski definition) is 3. The summed E-state index contributed by atoms with van der Waals surface area (Å²) < 4.78 is 44.7. The van der Waals surface area contributed by atoms with Gasteiger partial charge in [0.05, 0.1) is 18.7 Å². The molecule has 0 saturated carbocycles. The number of benzene rings is 2. The van der Waals surface area contributed by atoms with Gasteiger partial charge in [-0.3, -0.25) is 9.59 Å². The van der Waals surface area contributed by atoms with Gasteiger partial charge in [-0.1, -0.05) is 42.5 Å². The molecule has 30 heavy (non-hydrogen) atoms. The molecule has 0 fully saturated rings. The largest absolute Gasteiger partial charge is 0.497 e. The molecule has 8 heteroatoms. The topological polar surface area (TPSA) is 60.3 Å². The summed E-state index contributed by atoms with van der Waals surface area (Å²) in [5, 5.41) is 2.80. The quantitative estimate of drug-likeness (QED) is 0.665. The third kappa shape index (κ3) is 5.08. The summed E-state index contributed by atoms with van der Waals surface area (Å²) in [6.45, 7) is -0.539. The van der Waals surface area contributed by atoms with Crippen molar-refractivity contribution in [1.82, 2.24) is 9.88 Å². The van der Waals surface area contributed by atoms with E-state index >= 15 is 0 Å². The van der Waals surface area contributed by atoms with Gasteiger partial charge < -0.3 is 14.6 Å². The number of alkyl halides is 3. The molecule has 0 aliphatic carbocycles. The van der Waals surface area contributed by atoms with Crippen LogP contribution in [0.2, 0.25) is 0 Å². The highest BCUT2D eigenvalue weighted by Gasteiger charge is 2.31. The fourth-order valence-electron chi connectivity index (χ4n) is 2.98. The summed E-state index contributed by atoms with van der Waals surface area (Å²) in [4.78, 5) is 24.6. The number of hydrogen-bond donors (Lipinski definition) is 1. The fourth-order valence-corrected chi connectivity index (χ4v) is 2.98. The Morgan fingerprint density at radius 3 is 2.23 bits per heavy atom. The molecule has 0 unspecified atom stereocenters. The van der Waals surface area contributed by atoms with E-state index in [1.165, 1.54) is 7.11 Å². The highest BCUT2D eigenvalue weighted by atomic mass is 19.4. The van der Waals surface area contributed by atoms with E-state index in [2.05, 4.69) is 5.32 Å². The lowest BCUT2D eigenvalue weighted by Gasteiger charge is -2.21. The monoisotopic (exact) mass is 416 g/mol. The van der Waals surface area contributed by atoms with Crippen molar-refractivity contribution in [3.05, 3.63) is 100.0 Å². The molecule has 1 atom stereocenters. The molecule has 0 aliphatic heterocycles. The number of carbonyl (C=O) groups excluding carboxylic acids is 1. The average Bonchev–Trinajstić information content (AvgIpc) is 2.73. The van der Waals surface area contributed by atoms with E-state index in [1.54, 1.807) is 24.3 Å². The summed E-state index contributed by atoms with van der Waals surface area (Å²) in [6.07, 6.45) is -3.96. The minimum atomic E-state index is -4.61. The van der Waals surface area contributed by atoms with Gasteiger partial charge >= 0.3 is 6.18 Å². The Hall–Kier alpha value is -3.55. The van der Waals surface area contributed by atoms with Crippen molar-refractivity contribution in [2.45, 2.75) is 18.8 Å². The molecule has 1 heterocycles. The Bertz CT molecular complexity index is 1060. The fraction of sp³-hybridized carbons (Fsp3) is 0.182. The van der Waals surface area contributed by atoms with Crippen LogP contribution in [0.5, 0.6) is 5.75 Å². The van der Waals surface area contributed by atoms with E-state index in [-0.39, 0.29) is 0 Å². The van der Waals surface area contributed by atoms with Gasteiger partial charge in [-0.2, -0.15) is 13.2 Å². The number of rotatable bonds is 6. The molecular formula is C22H19F3N2O3. The molecule has 1 aromatic heterocycles. The molecule has 156 valence electrons. The summed E-state index contributed by atoms with van der Waals surface area (Å²) in [5.41, 5.74) is -0.150. The van der Waals surface area contributed by atoms with E-state index in [0.29, 0.717) is 18.0 Å². The lowest BCUT2D eigenvalue weighted by molar-refractivity contribution is -0.138. The van der Waals surface area contributed by atoms with E-state index < -0.39 is 35.8 Å². The zero-order valence-electron chi connectivity index (χ0n) is 16.0. The van der Waals surface area contributed by atoms with Gasteiger partial charge in [-0.25, -0.2) is 0 Å². The third-order valence-electron chi connectivity index (χ3n) is 4.51. The van der Waals surface area contributed by atoms with Gasteiger partial charge in [0.25, 0.3) is 5.56 Å². The first-order chi connectivity index (χ1) is 14.3. The molecule has 0 spiro atoms. The highest BCUT2D eigenvalue weighted by Crippen LogP contribution is 2.28. The summed E-state index contributed by atoms with van der Waals surface area (Å²) in [5.74, 6) is 0.0495. The zero-order chi connectivity index (χ0) is 21.7. The van der Waals surface area contributed by atoms with Crippen molar-refractivity contribution >= 4 is 5.91 Å². The summed E-state index contributed by atoms with van der Waals surface area (Å²) in [7, 11) is 1.54. The van der Waals surface area contributed by atoms with Gasteiger partial charge in [0.1, 0.15) is 12.3 Å². The Balaban J connectivity index is 1.86. The Kier molecular flexibility index (Phi) is 6.25. The maximum Gasteiger partial charge on any atom is 0.417 e. The van der Waals surface area contributed by atoms with Crippen LogP contribution in [-0.2, 0) is 17.5 Å². The van der Waals surface area contributed by atoms with E-state index in [4.69, 9.17) is 4.74 Å². The Labute approximate surface area is 170 Å². The molecular weight excluding hydrogens is 397 g/mol. The molecule has 0 aliphatic rings. The van der Waals surface area contributed by atoms with Gasteiger partial charge in [-0.15, -0.1) is 0 Å². The van der Waals surface area contributed by atoms with Crippen LogP contribution in [0.3, 0.4) is 0 Å². The van der Waals surface area contributed by atoms with Crippen LogP contribution in [0.25, 0.3) is 0 Å². The van der Waals surface area contributed by atoms with Crippen LogP contribution in [0.15, 0.2) is 77.7 Å². The number of methoxy groups -OCH3 is 1. The van der Waals surface area contributed by atoms with Crippen molar-refractivity contribution in [3.63, 3.8) is 0 Å². The maximum atomic E-state index is 12.9. The Morgan fingerprint density at radius 1 is 1.00 bits per heavy atom. The standard InChI is InChI=1S/C22H19F3N2O3/c1-30-18-10-7-16(8-11-18)21(15-5-3-2-4-6-15)26-19(28)14-27-13-17(22(23,24)25)9-12-20(27)29/h2-13,21H,14H2,1H3,(H,26,28)/t21-/m1/s1. The first-order valence-corrected chi connectivity index (χ1v) is 9.04. The van der Waals surface area contributed by atoms with Gasteiger partial charge in [0.2, 0.25) is 5.91 Å². The number of ether oxygens (including phenoxy) is 1. The molecule has 5 nitrogen and oxygen atoms in total. The lowest BCUT2D eigenvalue weighted by atomic mass is 9.98. The molecule has 1 N–H and O–H groups in total. The second-order valence-corrected chi connectivity index (χ2v) is 6.57. The number of nitrogens with zero attached hydrogens (tertiary/aromatic N) is 1. The normalized spacial score (nSPS) is 12.3. The predicted octanol–water partition coefficient (Wildman–Crippen LogP) is 3.78. The zero-order valence-corrected chi connectivity index (χ0v) is 16.0. The lowest BCUT2D eigenvalue weighted by Crippen LogP contribution is -2.35. The number of pyridine rings is 1. The minimum absolute atomic E-state index is 0.539. The van der Waals surface area contributed by atoms with Crippen molar-refractivity contribution in [3.8, 4) is 5.75 Å². The third-order valence-corrected chi connectivity index (χ3v) is 4.51. The van der Waals surface area contributed by atoms with Crippen LogP contribution >= 0.6 is 0 Å². The summed E-state index contributed by atoms with van der Waals surface area (Å²) in [6, 6.07) is 17.1. The van der Waals surface area contributed by atoms with Crippen LogP contribution in [-0.4, -0.2) is 17.6 Å². The first-order valence-electron chi connectivity index (χ1n) is 9.04. The molecule has 3 rings (SSSR count). The molecule has 3 aromatic rings. The second-order valence-electron chi connectivity index (χ2n) is 6.57. The van der Waals surface area contributed by atoms with Crippen molar-refractivity contribution < 1.29 is 22.7 Å². The van der Waals surface area contributed by atoms with Crippen LogP contribution in [0.1, 0.15) is 22.7 Å². The highest BCUT2D eigenvalue weighted by molar-refractivity contribution is 5.76. The van der Waals surface area contributed by atoms with Crippen molar-refractivity contribution in [1.29, 1.82) is 0 Å². The average molecular weight is 416 g/mol. The number of aromatic nitrogens is 1. The van der Waals surface area contributed by atoms with Crippen LogP contribution in [0.4, 0.5) is 13.2 Å². The Morgan fingerprint density at radius 2 is 1.63 bits per heavy atom.